The minimum Gasteiger partial charge on any atom is -0.463 e. The van der Waals surface area contributed by atoms with Gasteiger partial charge >= 0.3 is 5.97 Å². The second kappa shape index (κ2) is 9.33. The highest BCUT2D eigenvalue weighted by atomic mass is 16.5. The van der Waals surface area contributed by atoms with E-state index in [0.717, 1.165) is 5.56 Å². The number of benzene rings is 1. The number of aromatic nitrogens is 3. The van der Waals surface area contributed by atoms with E-state index in [-0.39, 0.29) is 19.1 Å². The van der Waals surface area contributed by atoms with Crippen LogP contribution in [-0.2, 0) is 19.1 Å². The monoisotopic (exact) mass is 399 g/mol. The molecule has 0 radical (unpaired) electrons. The quantitative estimate of drug-likeness (QED) is 0.527. The number of hydrogen-bond acceptors (Lipinski definition) is 7. The average Bonchev–Trinajstić information content (AvgIpc) is 3.20. The summed E-state index contributed by atoms with van der Waals surface area (Å²) < 4.78 is 11.9. The van der Waals surface area contributed by atoms with Gasteiger partial charge in [0.05, 0.1) is 18.8 Å². The summed E-state index contributed by atoms with van der Waals surface area (Å²) in [5.41, 5.74) is 1.92. The molecule has 154 valence electrons. The number of hydrogen-bond donors (Lipinski definition) is 1. The Morgan fingerprint density at radius 3 is 2.69 bits per heavy atom. The van der Waals surface area contributed by atoms with Crippen LogP contribution >= 0.6 is 0 Å². The second-order valence-electron chi connectivity index (χ2n) is 6.47. The van der Waals surface area contributed by atoms with Gasteiger partial charge in [-0.05, 0) is 19.4 Å². The first kappa shape index (κ1) is 20.5. The third kappa shape index (κ3) is 4.29. The summed E-state index contributed by atoms with van der Waals surface area (Å²) in [7, 11) is 1.57. The summed E-state index contributed by atoms with van der Waals surface area (Å²) in [5, 5.41) is 7.13. The molecule has 0 saturated carbocycles. The first-order chi connectivity index (χ1) is 14.1. The number of rotatable bonds is 8. The second-order valence-corrected chi connectivity index (χ2v) is 6.47. The van der Waals surface area contributed by atoms with Crippen molar-refractivity contribution < 1.29 is 19.1 Å². The van der Waals surface area contributed by atoms with E-state index in [0.29, 0.717) is 30.4 Å². The molecule has 2 heterocycles. The SMILES string of the molecule is CCOC(=O)C1=C(C)N(CC(=O)NCCOC)c2ncnn2C1c1ccccc1. The van der Waals surface area contributed by atoms with Crippen molar-refractivity contribution in [3.63, 3.8) is 0 Å². The largest absolute Gasteiger partial charge is 0.463 e. The molecule has 0 aliphatic carbocycles. The van der Waals surface area contributed by atoms with Crippen molar-refractivity contribution in [3.05, 3.63) is 53.5 Å². The van der Waals surface area contributed by atoms with Gasteiger partial charge in [0.1, 0.15) is 18.9 Å². The van der Waals surface area contributed by atoms with Crippen LogP contribution < -0.4 is 10.2 Å². The van der Waals surface area contributed by atoms with E-state index < -0.39 is 12.0 Å². The number of nitrogens with zero attached hydrogens (tertiary/aromatic N) is 4. The minimum atomic E-state index is -0.486. The Morgan fingerprint density at radius 2 is 2.00 bits per heavy atom. The topological polar surface area (TPSA) is 98.6 Å². The molecular weight excluding hydrogens is 374 g/mol. The highest BCUT2D eigenvalue weighted by Gasteiger charge is 2.38. The zero-order valence-electron chi connectivity index (χ0n) is 16.8. The van der Waals surface area contributed by atoms with Crippen LogP contribution in [0.3, 0.4) is 0 Å². The predicted octanol–water partition coefficient (Wildman–Crippen LogP) is 1.29. The minimum absolute atomic E-state index is 0.00133. The van der Waals surface area contributed by atoms with E-state index in [1.165, 1.54) is 6.33 Å². The Bertz CT molecular complexity index is 893. The van der Waals surface area contributed by atoms with Gasteiger partial charge in [-0.3, -0.25) is 4.79 Å². The standard InChI is InChI=1S/C20H25N5O4/c1-4-29-19(27)17-14(2)24(12-16(26)21-10-11-28-3)20-22-13-23-25(20)18(17)15-8-6-5-7-9-15/h5-9,13,18H,4,10-12H2,1-3H3,(H,21,26). The molecule has 1 amide bonds. The van der Waals surface area contributed by atoms with Crippen molar-refractivity contribution >= 4 is 17.8 Å². The summed E-state index contributed by atoms with van der Waals surface area (Å²) in [6.45, 7) is 4.62. The van der Waals surface area contributed by atoms with Gasteiger partial charge in [0.15, 0.2) is 0 Å². The first-order valence-corrected chi connectivity index (χ1v) is 9.44. The molecule has 1 unspecified atom stereocenters. The molecule has 1 aromatic carbocycles. The number of carbonyl (C=O) groups excluding carboxylic acids is 2. The van der Waals surface area contributed by atoms with Crippen molar-refractivity contribution in [2.24, 2.45) is 0 Å². The molecule has 9 heteroatoms. The van der Waals surface area contributed by atoms with Gasteiger partial charge < -0.3 is 19.7 Å². The number of anilines is 1. The molecule has 1 aromatic heterocycles. The maximum absolute atomic E-state index is 12.9. The molecule has 0 bridgehead atoms. The van der Waals surface area contributed by atoms with Crippen LogP contribution in [0.5, 0.6) is 0 Å². The van der Waals surface area contributed by atoms with Crippen molar-refractivity contribution in [1.82, 2.24) is 20.1 Å². The lowest BCUT2D eigenvalue weighted by Gasteiger charge is -2.35. The van der Waals surface area contributed by atoms with Crippen LogP contribution in [0.2, 0.25) is 0 Å². The van der Waals surface area contributed by atoms with E-state index in [2.05, 4.69) is 15.4 Å². The number of esters is 1. The molecular formula is C20H25N5O4. The predicted molar refractivity (Wildman–Crippen MR) is 106 cm³/mol. The highest BCUT2D eigenvalue weighted by molar-refractivity contribution is 5.93. The molecule has 1 atom stereocenters. The fourth-order valence-electron chi connectivity index (χ4n) is 3.33. The summed E-state index contributed by atoms with van der Waals surface area (Å²) >= 11 is 0. The lowest BCUT2D eigenvalue weighted by atomic mass is 9.95. The van der Waals surface area contributed by atoms with Gasteiger partial charge in [-0.2, -0.15) is 10.1 Å². The summed E-state index contributed by atoms with van der Waals surface area (Å²) in [6.07, 6.45) is 1.42. The van der Waals surface area contributed by atoms with Crippen LogP contribution in [0, 0.1) is 0 Å². The molecule has 0 fully saturated rings. The number of carbonyl (C=O) groups is 2. The van der Waals surface area contributed by atoms with Crippen molar-refractivity contribution in [2.45, 2.75) is 19.9 Å². The Morgan fingerprint density at radius 1 is 1.24 bits per heavy atom. The maximum Gasteiger partial charge on any atom is 0.338 e. The lowest BCUT2D eigenvalue weighted by molar-refractivity contribution is -0.139. The fourth-order valence-corrected chi connectivity index (χ4v) is 3.33. The molecule has 1 N–H and O–H groups in total. The Kier molecular flexibility index (Phi) is 6.61. The summed E-state index contributed by atoms with van der Waals surface area (Å²) in [5.74, 6) is -0.159. The van der Waals surface area contributed by atoms with Gasteiger partial charge in [0.25, 0.3) is 0 Å². The van der Waals surface area contributed by atoms with Crippen molar-refractivity contribution in [2.75, 3.05) is 38.3 Å². The lowest BCUT2D eigenvalue weighted by Crippen LogP contribution is -2.43. The molecule has 29 heavy (non-hydrogen) atoms. The first-order valence-electron chi connectivity index (χ1n) is 9.44. The van der Waals surface area contributed by atoms with Crippen LogP contribution in [0.1, 0.15) is 25.5 Å². The van der Waals surface area contributed by atoms with Gasteiger partial charge in [-0.1, -0.05) is 30.3 Å². The number of amides is 1. The highest BCUT2D eigenvalue weighted by Crippen LogP contribution is 2.38. The molecule has 9 nitrogen and oxygen atoms in total. The molecule has 1 aliphatic heterocycles. The van der Waals surface area contributed by atoms with E-state index in [1.807, 2.05) is 30.3 Å². The number of fused-ring (bicyclic) bond motifs is 1. The van der Waals surface area contributed by atoms with E-state index in [1.54, 1.807) is 30.5 Å². The van der Waals surface area contributed by atoms with Gasteiger partial charge in [-0.15, -0.1) is 0 Å². The zero-order chi connectivity index (χ0) is 20.8. The number of methoxy groups -OCH3 is 1. The van der Waals surface area contributed by atoms with E-state index >= 15 is 0 Å². The molecule has 2 aromatic rings. The van der Waals surface area contributed by atoms with Gasteiger partial charge in [-0.25, -0.2) is 9.48 Å². The molecule has 1 aliphatic rings. The smallest absolute Gasteiger partial charge is 0.338 e. The third-order valence-corrected chi connectivity index (χ3v) is 4.65. The normalized spacial score (nSPS) is 15.8. The average molecular weight is 399 g/mol. The van der Waals surface area contributed by atoms with Crippen LogP contribution in [0.15, 0.2) is 47.9 Å². The maximum atomic E-state index is 12.9. The van der Waals surface area contributed by atoms with Crippen LogP contribution in [0.25, 0.3) is 0 Å². The van der Waals surface area contributed by atoms with Crippen LogP contribution in [0.4, 0.5) is 5.95 Å². The molecule has 0 spiro atoms. The molecule has 3 rings (SSSR count). The van der Waals surface area contributed by atoms with Crippen LogP contribution in [-0.4, -0.2) is 60.1 Å². The van der Waals surface area contributed by atoms with Gasteiger partial charge in [0, 0.05) is 19.4 Å². The van der Waals surface area contributed by atoms with E-state index in [4.69, 9.17) is 9.47 Å². The van der Waals surface area contributed by atoms with Crippen molar-refractivity contribution in [1.29, 1.82) is 0 Å². The Labute approximate surface area is 169 Å². The van der Waals surface area contributed by atoms with Gasteiger partial charge in [0.2, 0.25) is 11.9 Å². The third-order valence-electron chi connectivity index (χ3n) is 4.65. The number of allylic oxidation sites excluding steroid dienone is 1. The van der Waals surface area contributed by atoms with Crippen molar-refractivity contribution in [3.8, 4) is 0 Å². The molecule has 0 saturated heterocycles. The zero-order valence-corrected chi connectivity index (χ0v) is 16.8. The van der Waals surface area contributed by atoms with E-state index in [9.17, 15) is 9.59 Å². The Hall–Kier alpha value is -3.20. The Balaban J connectivity index is 2.01. The number of ether oxygens (including phenoxy) is 2. The summed E-state index contributed by atoms with van der Waals surface area (Å²) in [4.78, 5) is 31.3. The fraction of sp³-hybridized carbons (Fsp3) is 0.400. The summed E-state index contributed by atoms with van der Waals surface area (Å²) in [6, 6.07) is 9.08. The number of nitrogens with one attached hydrogen (secondary N) is 1.